The summed E-state index contributed by atoms with van der Waals surface area (Å²) in [6.07, 6.45) is -0.608. The Balaban J connectivity index is 2.50. The standard InChI is InChI=1S/C14H18ClNO2/c1-7-9-5-8(12(17)14(2,3)4)6-10(15)11(9)16-13(7)18/h5-7,12,17H,1-4H3,(H,16,18). The predicted octanol–water partition coefficient (Wildman–Crippen LogP) is 3.48. The molecule has 0 aromatic heterocycles. The fourth-order valence-electron chi connectivity index (χ4n) is 2.15. The second kappa shape index (κ2) is 4.25. The van der Waals surface area contributed by atoms with Crippen LogP contribution in [-0.4, -0.2) is 11.0 Å². The average molecular weight is 268 g/mol. The molecule has 1 aromatic carbocycles. The summed E-state index contributed by atoms with van der Waals surface area (Å²) < 4.78 is 0. The summed E-state index contributed by atoms with van der Waals surface area (Å²) in [6.45, 7) is 7.73. The maximum atomic E-state index is 11.6. The lowest BCUT2D eigenvalue weighted by molar-refractivity contribution is -0.116. The fraction of sp³-hybridized carbons (Fsp3) is 0.500. The van der Waals surface area contributed by atoms with Gasteiger partial charge in [-0.3, -0.25) is 4.79 Å². The first-order chi connectivity index (χ1) is 8.21. The third-order valence-electron chi connectivity index (χ3n) is 3.39. The second-order valence-corrected chi connectivity index (χ2v) is 6.35. The topological polar surface area (TPSA) is 49.3 Å². The van der Waals surface area contributed by atoms with Gasteiger partial charge in [-0.05, 0) is 29.5 Å². The summed E-state index contributed by atoms with van der Waals surface area (Å²) >= 11 is 6.17. The lowest BCUT2D eigenvalue weighted by Crippen LogP contribution is -2.18. The number of halogens is 1. The zero-order valence-electron chi connectivity index (χ0n) is 11.0. The van der Waals surface area contributed by atoms with Crippen molar-refractivity contribution in [3.05, 3.63) is 28.3 Å². The molecule has 0 aliphatic carbocycles. The minimum Gasteiger partial charge on any atom is -0.388 e. The number of carbonyl (C=O) groups excluding carboxylic acids is 1. The van der Waals surface area contributed by atoms with Crippen molar-refractivity contribution < 1.29 is 9.90 Å². The number of aliphatic hydroxyl groups excluding tert-OH is 1. The molecule has 3 nitrogen and oxygen atoms in total. The predicted molar refractivity (Wildman–Crippen MR) is 72.9 cm³/mol. The van der Waals surface area contributed by atoms with Crippen molar-refractivity contribution in [2.75, 3.05) is 5.32 Å². The first kappa shape index (κ1) is 13.4. The summed E-state index contributed by atoms with van der Waals surface area (Å²) in [5.74, 6) is -0.265. The maximum absolute atomic E-state index is 11.6. The maximum Gasteiger partial charge on any atom is 0.231 e. The van der Waals surface area contributed by atoms with Crippen molar-refractivity contribution in [2.24, 2.45) is 5.41 Å². The van der Waals surface area contributed by atoms with E-state index in [0.717, 1.165) is 11.1 Å². The number of fused-ring (bicyclic) bond motifs is 1. The molecular formula is C14H18ClNO2. The van der Waals surface area contributed by atoms with Gasteiger partial charge in [0.15, 0.2) is 0 Å². The monoisotopic (exact) mass is 267 g/mol. The molecule has 2 rings (SSSR count). The minimum absolute atomic E-state index is 0.0469. The fourth-order valence-corrected chi connectivity index (χ4v) is 2.44. The van der Waals surface area contributed by atoms with Crippen LogP contribution in [0.25, 0.3) is 0 Å². The van der Waals surface area contributed by atoms with Gasteiger partial charge in [0.05, 0.1) is 22.7 Å². The van der Waals surface area contributed by atoms with Gasteiger partial charge < -0.3 is 10.4 Å². The van der Waals surface area contributed by atoms with E-state index in [1.165, 1.54) is 0 Å². The molecule has 0 radical (unpaired) electrons. The van der Waals surface area contributed by atoms with E-state index in [0.29, 0.717) is 10.7 Å². The Bertz CT molecular complexity index is 505. The molecule has 0 fully saturated rings. The molecule has 98 valence electrons. The Labute approximate surface area is 112 Å². The number of carbonyl (C=O) groups is 1. The number of aliphatic hydroxyl groups is 1. The number of hydrogen-bond donors (Lipinski definition) is 2. The molecule has 18 heavy (non-hydrogen) atoms. The Kier molecular flexibility index (Phi) is 3.16. The third-order valence-corrected chi connectivity index (χ3v) is 3.69. The van der Waals surface area contributed by atoms with Crippen LogP contribution in [0.3, 0.4) is 0 Å². The number of hydrogen-bond acceptors (Lipinski definition) is 2. The second-order valence-electron chi connectivity index (χ2n) is 5.95. The van der Waals surface area contributed by atoms with Gasteiger partial charge >= 0.3 is 0 Å². The van der Waals surface area contributed by atoms with Crippen LogP contribution >= 0.6 is 11.6 Å². The van der Waals surface area contributed by atoms with E-state index in [1.807, 2.05) is 33.8 Å². The molecule has 0 bridgehead atoms. The smallest absolute Gasteiger partial charge is 0.231 e. The van der Waals surface area contributed by atoms with Crippen LogP contribution in [0.2, 0.25) is 5.02 Å². The zero-order chi connectivity index (χ0) is 13.7. The van der Waals surface area contributed by atoms with Gasteiger partial charge in [-0.2, -0.15) is 0 Å². The Morgan fingerprint density at radius 2 is 2.00 bits per heavy atom. The van der Waals surface area contributed by atoms with Crippen molar-refractivity contribution >= 4 is 23.2 Å². The highest BCUT2D eigenvalue weighted by atomic mass is 35.5. The molecule has 0 saturated heterocycles. The lowest BCUT2D eigenvalue weighted by Gasteiger charge is -2.27. The van der Waals surface area contributed by atoms with Crippen LogP contribution in [0.5, 0.6) is 0 Å². The molecule has 1 aliphatic rings. The largest absolute Gasteiger partial charge is 0.388 e. The molecule has 1 heterocycles. The number of nitrogens with one attached hydrogen (secondary N) is 1. The summed E-state index contributed by atoms with van der Waals surface area (Å²) in [5, 5.41) is 13.6. The van der Waals surface area contributed by atoms with E-state index < -0.39 is 6.10 Å². The summed E-state index contributed by atoms with van der Waals surface area (Å²) in [6, 6.07) is 3.61. The highest BCUT2D eigenvalue weighted by Gasteiger charge is 2.31. The van der Waals surface area contributed by atoms with Crippen molar-refractivity contribution in [3.8, 4) is 0 Å². The first-order valence-electron chi connectivity index (χ1n) is 6.04. The number of amides is 1. The molecule has 1 aromatic rings. The number of benzene rings is 1. The van der Waals surface area contributed by atoms with Crippen LogP contribution in [0.1, 0.15) is 50.8 Å². The van der Waals surface area contributed by atoms with E-state index >= 15 is 0 Å². The van der Waals surface area contributed by atoms with Gasteiger partial charge in [-0.15, -0.1) is 0 Å². The first-order valence-corrected chi connectivity index (χ1v) is 6.42. The highest BCUT2D eigenvalue weighted by molar-refractivity contribution is 6.34. The van der Waals surface area contributed by atoms with E-state index in [4.69, 9.17) is 11.6 Å². The van der Waals surface area contributed by atoms with Gasteiger partial charge in [-0.25, -0.2) is 0 Å². The van der Waals surface area contributed by atoms with Gasteiger partial charge in [0, 0.05) is 0 Å². The normalized spacial score (nSPS) is 20.6. The third kappa shape index (κ3) is 2.13. The van der Waals surface area contributed by atoms with Gasteiger partial charge in [0.2, 0.25) is 5.91 Å². The van der Waals surface area contributed by atoms with Crippen LogP contribution in [-0.2, 0) is 4.79 Å². The Morgan fingerprint density at radius 3 is 2.56 bits per heavy atom. The number of anilines is 1. The molecule has 2 atom stereocenters. The molecule has 0 spiro atoms. The molecule has 0 saturated carbocycles. The van der Waals surface area contributed by atoms with Crippen LogP contribution in [0.4, 0.5) is 5.69 Å². The zero-order valence-corrected chi connectivity index (χ0v) is 11.8. The van der Waals surface area contributed by atoms with E-state index in [2.05, 4.69) is 5.32 Å². The van der Waals surface area contributed by atoms with Crippen LogP contribution in [0.15, 0.2) is 12.1 Å². The molecular weight excluding hydrogens is 250 g/mol. The lowest BCUT2D eigenvalue weighted by atomic mass is 9.83. The summed E-state index contributed by atoms with van der Waals surface area (Å²) in [7, 11) is 0. The number of rotatable bonds is 1. The molecule has 2 N–H and O–H groups in total. The van der Waals surface area contributed by atoms with Crippen LogP contribution in [0, 0.1) is 5.41 Å². The van der Waals surface area contributed by atoms with E-state index in [1.54, 1.807) is 6.07 Å². The summed E-state index contributed by atoms with van der Waals surface area (Å²) in [4.78, 5) is 11.6. The van der Waals surface area contributed by atoms with Gasteiger partial charge in [0.1, 0.15) is 0 Å². The van der Waals surface area contributed by atoms with Crippen molar-refractivity contribution in [2.45, 2.75) is 39.7 Å². The molecule has 1 amide bonds. The highest BCUT2D eigenvalue weighted by Crippen LogP contribution is 2.42. The average Bonchev–Trinajstić information content (AvgIpc) is 2.54. The van der Waals surface area contributed by atoms with Crippen LogP contribution < -0.4 is 5.32 Å². The van der Waals surface area contributed by atoms with Gasteiger partial charge in [-0.1, -0.05) is 38.4 Å². The minimum atomic E-state index is -0.608. The van der Waals surface area contributed by atoms with Gasteiger partial charge in [0.25, 0.3) is 0 Å². The molecule has 2 unspecified atom stereocenters. The van der Waals surface area contributed by atoms with Crippen molar-refractivity contribution in [1.29, 1.82) is 0 Å². The quantitative estimate of drug-likeness (QED) is 0.818. The Hall–Kier alpha value is -1.06. The van der Waals surface area contributed by atoms with E-state index in [9.17, 15) is 9.90 Å². The molecule has 1 aliphatic heterocycles. The van der Waals surface area contributed by atoms with Crippen molar-refractivity contribution in [1.82, 2.24) is 0 Å². The Morgan fingerprint density at radius 1 is 1.39 bits per heavy atom. The van der Waals surface area contributed by atoms with Crippen molar-refractivity contribution in [3.63, 3.8) is 0 Å². The summed E-state index contributed by atoms with van der Waals surface area (Å²) in [5.41, 5.74) is 2.04. The van der Waals surface area contributed by atoms with E-state index in [-0.39, 0.29) is 17.2 Å². The molecule has 4 heteroatoms. The SMILES string of the molecule is CC1C(=O)Nc2c(Cl)cc(C(O)C(C)(C)C)cc21.